The highest BCUT2D eigenvalue weighted by Crippen LogP contribution is 2.33. The molecule has 0 radical (unpaired) electrons. The second-order valence-electron chi connectivity index (χ2n) is 5.31. The van der Waals surface area contributed by atoms with Crippen molar-refractivity contribution in [3.8, 4) is 11.4 Å². The number of nitrogens with zero attached hydrogens (tertiary/aromatic N) is 1. The third-order valence-electron chi connectivity index (χ3n) is 4.08. The van der Waals surface area contributed by atoms with Crippen molar-refractivity contribution in [3.05, 3.63) is 46.8 Å². The normalized spacial score (nSPS) is 13.2. The summed E-state index contributed by atoms with van der Waals surface area (Å²) in [5.41, 5.74) is 4.46. The van der Waals surface area contributed by atoms with E-state index in [0.717, 1.165) is 47.7 Å². The van der Waals surface area contributed by atoms with Gasteiger partial charge in [0.05, 0.1) is 12.2 Å². The molecular formula is C17H19NO3. The van der Waals surface area contributed by atoms with Crippen LogP contribution in [0.2, 0.25) is 0 Å². The first kappa shape index (κ1) is 13.7. The fourth-order valence-corrected chi connectivity index (χ4v) is 3.27. The molecular weight excluding hydrogens is 266 g/mol. The van der Waals surface area contributed by atoms with E-state index in [9.17, 15) is 9.90 Å². The lowest BCUT2D eigenvalue weighted by Crippen LogP contribution is -2.04. The van der Waals surface area contributed by atoms with Crippen LogP contribution in [0.5, 0.6) is 5.75 Å². The lowest BCUT2D eigenvalue weighted by Gasteiger charge is -2.12. The Kier molecular flexibility index (Phi) is 3.45. The largest absolute Gasteiger partial charge is 0.494 e. The van der Waals surface area contributed by atoms with Gasteiger partial charge in [-0.05, 0) is 62.9 Å². The van der Waals surface area contributed by atoms with Crippen LogP contribution in [0.1, 0.15) is 40.7 Å². The standard InChI is InChI=1S/C17H19NO3/c1-3-21-13-9-7-12(8-10-13)18-11(2)16(17(19)20)14-5-4-6-15(14)18/h7-10H,3-6H2,1-2H3,(H,19,20). The molecule has 0 bridgehead atoms. The Hall–Kier alpha value is -2.23. The molecule has 2 aromatic rings. The Bertz CT molecular complexity index is 683. The number of carbonyl (C=O) groups is 1. The van der Waals surface area contributed by atoms with Crippen molar-refractivity contribution in [3.63, 3.8) is 0 Å². The molecule has 110 valence electrons. The van der Waals surface area contributed by atoms with Gasteiger partial charge >= 0.3 is 5.97 Å². The van der Waals surface area contributed by atoms with Crippen molar-refractivity contribution in [1.29, 1.82) is 0 Å². The fourth-order valence-electron chi connectivity index (χ4n) is 3.27. The van der Waals surface area contributed by atoms with Crippen molar-refractivity contribution in [2.24, 2.45) is 0 Å². The van der Waals surface area contributed by atoms with Gasteiger partial charge < -0.3 is 14.4 Å². The van der Waals surface area contributed by atoms with Crippen molar-refractivity contribution in [2.75, 3.05) is 6.61 Å². The maximum absolute atomic E-state index is 11.5. The number of hydrogen-bond acceptors (Lipinski definition) is 2. The van der Waals surface area contributed by atoms with Crippen LogP contribution >= 0.6 is 0 Å². The summed E-state index contributed by atoms with van der Waals surface area (Å²) in [6.07, 6.45) is 2.83. The van der Waals surface area contributed by atoms with Gasteiger partial charge in [0, 0.05) is 17.1 Å². The van der Waals surface area contributed by atoms with E-state index in [2.05, 4.69) is 4.57 Å². The number of aromatic carboxylic acids is 1. The van der Waals surface area contributed by atoms with E-state index in [1.54, 1.807) is 0 Å². The Labute approximate surface area is 124 Å². The number of fused-ring (bicyclic) bond motifs is 1. The topological polar surface area (TPSA) is 51.5 Å². The van der Waals surface area contributed by atoms with Crippen molar-refractivity contribution < 1.29 is 14.6 Å². The molecule has 0 spiro atoms. The first-order chi connectivity index (χ1) is 10.1. The lowest BCUT2D eigenvalue weighted by molar-refractivity contribution is 0.0695. The van der Waals surface area contributed by atoms with Gasteiger partial charge in [-0.1, -0.05) is 0 Å². The fraction of sp³-hybridized carbons (Fsp3) is 0.353. The number of hydrogen-bond donors (Lipinski definition) is 1. The third-order valence-corrected chi connectivity index (χ3v) is 4.08. The summed E-state index contributed by atoms with van der Waals surface area (Å²) < 4.78 is 7.54. The summed E-state index contributed by atoms with van der Waals surface area (Å²) in [6, 6.07) is 7.84. The minimum absolute atomic E-state index is 0.483. The molecule has 1 aliphatic rings. The van der Waals surface area contributed by atoms with Crippen LogP contribution in [0, 0.1) is 6.92 Å². The van der Waals surface area contributed by atoms with Gasteiger partial charge in [-0.3, -0.25) is 0 Å². The SMILES string of the molecule is CCOc1ccc(-n2c(C)c(C(=O)O)c3c2CCC3)cc1. The summed E-state index contributed by atoms with van der Waals surface area (Å²) in [5.74, 6) is 0.0106. The first-order valence-corrected chi connectivity index (χ1v) is 7.33. The van der Waals surface area contributed by atoms with E-state index in [4.69, 9.17) is 4.74 Å². The van der Waals surface area contributed by atoms with Crippen LogP contribution in [0.4, 0.5) is 0 Å². The zero-order valence-electron chi connectivity index (χ0n) is 12.3. The van der Waals surface area contributed by atoms with Gasteiger partial charge in [0.25, 0.3) is 0 Å². The molecule has 0 aliphatic heterocycles. The quantitative estimate of drug-likeness (QED) is 0.937. The number of rotatable bonds is 4. The molecule has 1 aliphatic carbocycles. The zero-order chi connectivity index (χ0) is 15.0. The van der Waals surface area contributed by atoms with E-state index in [1.807, 2.05) is 38.1 Å². The highest BCUT2D eigenvalue weighted by atomic mass is 16.5. The molecule has 21 heavy (non-hydrogen) atoms. The summed E-state index contributed by atoms with van der Waals surface area (Å²) in [5, 5.41) is 9.47. The van der Waals surface area contributed by atoms with E-state index in [1.165, 1.54) is 0 Å². The third kappa shape index (κ3) is 2.20. The van der Waals surface area contributed by atoms with Crippen LogP contribution in [-0.4, -0.2) is 22.2 Å². The second kappa shape index (κ2) is 5.28. The predicted octanol–water partition coefficient (Wildman–Crippen LogP) is 3.37. The smallest absolute Gasteiger partial charge is 0.337 e. The van der Waals surface area contributed by atoms with Crippen LogP contribution < -0.4 is 4.74 Å². The molecule has 3 rings (SSSR count). The molecule has 1 N–H and O–H groups in total. The number of carboxylic acid groups (broad SMARTS) is 1. The molecule has 0 saturated heterocycles. The molecule has 0 unspecified atom stereocenters. The van der Waals surface area contributed by atoms with Crippen molar-refractivity contribution in [1.82, 2.24) is 4.57 Å². The van der Waals surface area contributed by atoms with Gasteiger partial charge in [-0.15, -0.1) is 0 Å². The number of ether oxygens (including phenoxy) is 1. The van der Waals surface area contributed by atoms with E-state index < -0.39 is 5.97 Å². The molecule has 0 atom stereocenters. The predicted molar refractivity (Wildman–Crippen MR) is 80.7 cm³/mol. The van der Waals surface area contributed by atoms with Crippen LogP contribution in [0.15, 0.2) is 24.3 Å². The summed E-state index contributed by atoms with van der Waals surface area (Å²) in [4.78, 5) is 11.5. The van der Waals surface area contributed by atoms with Gasteiger partial charge in [0.15, 0.2) is 0 Å². The molecule has 1 heterocycles. The van der Waals surface area contributed by atoms with Gasteiger partial charge in [-0.2, -0.15) is 0 Å². The van der Waals surface area contributed by atoms with Gasteiger partial charge in [-0.25, -0.2) is 4.79 Å². The highest BCUT2D eigenvalue weighted by Gasteiger charge is 2.28. The molecule has 1 aromatic heterocycles. The van der Waals surface area contributed by atoms with Crippen LogP contribution in [0.3, 0.4) is 0 Å². The van der Waals surface area contributed by atoms with E-state index >= 15 is 0 Å². The van der Waals surface area contributed by atoms with Gasteiger partial charge in [0.1, 0.15) is 5.75 Å². The molecule has 0 amide bonds. The molecule has 1 aromatic carbocycles. The Morgan fingerprint density at radius 1 is 1.29 bits per heavy atom. The monoisotopic (exact) mass is 285 g/mol. The molecule has 0 fully saturated rings. The van der Waals surface area contributed by atoms with Crippen molar-refractivity contribution in [2.45, 2.75) is 33.1 Å². The number of aromatic nitrogens is 1. The minimum atomic E-state index is -0.824. The van der Waals surface area contributed by atoms with Crippen molar-refractivity contribution >= 4 is 5.97 Å². The van der Waals surface area contributed by atoms with E-state index in [0.29, 0.717) is 12.2 Å². The molecule has 4 heteroatoms. The highest BCUT2D eigenvalue weighted by molar-refractivity contribution is 5.92. The molecule has 0 saturated carbocycles. The number of carboxylic acids is 1. The Morgan fingerprint density at radius 2 is 2.00 bits per heavy atom. The maximum atomic E-state index is 11.5. The first-order valence-electron chi connectivity index (χ1n) is 7.33. The summed E-state index contributed by atoms with van der Waals surface area (Å²) in [7, 11) is 0. The summed E-state index contributed by atoms with van der Waals surface area (Å²) >= 11 is 0. The lowest BCUT2D eigenvalue weighted by atomic mass is 10.1. The summed E-state index contributed by atoms with van der Waals surface area (Å²) in [6.45, 7) is 4.48. The minimum Gasteiger partial charge on any atom is -0.494 e. The second-order valence-corrected chi connectivity index (χ2v) is 5.31. The zero-order valence-corrected chi connectivity index (χ0v) is 12.3. The number of benzene rings is 1. The van der Waals surface area contributed by atoms with Gasteiger partial charge in [0.2, 0.25) is 0 Å². The van der Waals surface area contributed by atoms with E-state index in [-0.39, 0.29) is 0 Å². The average Bonchev–Trinajstić information content (AvgIpc) is 2.99. The van der Waals surface area contributed by atoms with Crippen LogP contribution in [-0.2, 0) is 12.8 Å². The Morgan fingerprint density at radius 3 is 2.62 bits per heavy atom. The molecule has 4 nitrogen and oxygen atoms in total. The Balaban J connectivity index is 2.10. The van der Waals surface area contributed by atoms with Crippen LogP contribution in [0.25, 0.3) is 5.69 Å². The maximum Gasteiger partial charge on any atom is 0.337 e. The average molecular weight is 285 g/mol.